The molecule has 2 aromatic heterocycles. The SMILES string of the molecule is COc1c(Nc2cc(N3CCN(C4CCOC4)C3=O)nnc2C([NH-])=O)cccc1-c1ncn(C)n1.[Sc]. The van der Waals surface area contributed by atoms with Crippen LogP contribution in [0.3, 0.4) is 0 Å². The maximum absolute atomic E-state index is 13.1. The third-order valence-corrected chi connectivity index (χ3v) is 5.99. The van der Waals surface area contributed by atoms with Gasteiger partial charge in [-0.1, -0.05) is 6.07 Å². The molecule has 0 aliphatic carbocycles. The van der Waals surface area contributed by atoms with Crippen molar-refractivity contribution in [3.8, 4) is 17.1 Å². The van der Waals surface area contributed by atoms with Crippen LogP contribution in [0.1, 0.15) is 16.9 Å². The van der Waals surface area contributed by atoms with Gasteiger partial charge in [0.05, 0.1) is 36.7 Å². The Morgan fingerprint density at radius 2 is 2.08 bits per heavy atom. The summed E-state index contributed by atoms with van der Waals surface area (Å²) in [5.41, 5.74) is 8.84. The molecule has 2 saturated heterocycles. The van der Waals surface area contributed by atoms with E-state index in [4.69, 9.17) is 15.2 Å². The Morgan fingerprint density at radius 3 is 2.75 bits per heavy atom. The molecule has 0 saturated carbocycles. The molecule has 13 nitrogen and oxygen atoms in total. The van der Waals surface area contributed by atoms with Crippen molar-refractivity contribution >= 4 is 29.1 Å². The number of nitrogens with one attached hydrogen (secondary N) is 2. The summed E-state index contributed by atoms with van der Waals surface area (Å²) in [7, 11) is 3.28. The fourth-order valence-electron chi connectivity index (χ4n) is 4.29. The fourth-order valence-corrected chi connectivity index (χ4v) is 4.29. The quantitative estimate of drug-likeness (QED) is 0.492. The van der Waals surface area contributed by atoms with E-state index in [-0.39, 0.29) is 55.1 Å². The van der Waals surface area contributed by atoms with Crippen LogP contribution in [0.25, 0.3) is 17.1 Å². The number of aryl methyl sites for hydroxylation is 1. The molecule has 1 aromatic carbocycles. The smallest absolute Gasteiger partial charge is 0.326 e. The molecule has 1 atom stereocenters. The predicted molar refractivity (Wildman–Crippen MR) is 126 cm³/mol. The van der Waals surface area contributed by atoms with Crippen LogP contribution in [0, 0.1) is 0 Å². The fraction of sp³-hybridized carbons (Fsp3) is 0.364. The Labute approximate surface area is 225 Å². The van der Waals surface area contributed by atoms with Crippen molar-refractivity contribution in [2.75, 3.05) is 43.6 Å². The number of ether oxygens (including phenoxy) is 2. The second-order valence-electron chi connectivity index (χ2n) is 8.19. The number of aromatic nitrogens is 5. The number of hydrogen-bond donors (Lipinski definition) is 1. The summed E-state index contributed by atoms with van der Waals surface area (Å²) in [6, 6.07) is 6.76. The monoisotopic (exact) mass is 523 g/mol. The summed E-state index contributed by atoms with van der Waals surface area (Å²) < 4.78 is 12.6. The van der Waals surface area contributed by atoms with Gasteiger partial charge in [0.25, 0.3) is 0 Å². The van der Waals surface area contributed by atoms with Gasteiger partial charge >= 0.3 is 6.03 Å². The normalized spacial score (nSPS) is 17.3. The predicted octanol–water partition coefficient (Wildman–Crippen LogP) is 2.25. The molecule has 3 aromatic rings. The van der Waals surface area contributed by atoms with Crippen LogP contribution in [0.15, 0.2) is 30.6 Å². The number of hydrogen-bond acceptors (Lipinski definition) is 9. The molecule has 185 valence electrons. The number of benzene rings is 1. The van der Waals surface area contributed by atoms with Crippen molar-refractivity contribution in [2.24, 2.45) is 7.05 Å². The Morgan fingerprint density at radius 1 is 1.25 bits per heavy atom. The number of urea groups is 1. The van der Waals surface area contributed by atoms with Crippen LogP contribution >= 0.6 is 0 Å². The van der Waals surface area contributed by atoms with E-state index < -0.39 is 5.91 Å². The number of rotatable bonds is 7. The van der Waals surface area contributed by atoms with E-state index in [0.29, 0.717) is 49.1 Å². The number of methoxy groups -OCH3 is 1. The molecule has 2 fully saturated rings. The van der Waals surface area contributed by atoms with E-state index in [0.717, 1.165) is 6.42 Å². The van der Waals surface area contributed by atoms with Crippen LogP contribution in [0.2, 0.25) is 0 Å². The van der Waals surface area contributed by atoms with Crippen LogP contribution in [0.4, 0.5) is 22.0 Å². The number of amides is 3. The van der Waals surface area contributed by atoms with Gasteiger partial charge in [-0.3, -0.25) is 9.58 Å². The molecule has 2 N–H and O–H groups in total. The average Bonchev–Trinajstić information content (AvgIpc) is 3.60. The number of para-hydroxylation sites is 1. The zero-order valence-corrected chi connectivity index (χ0v) is 21.6. The molecule has 1 radical (unpaired) electrons. The molecule has 4 heterocycles. The molecule has 5 rings (SSSR count). The number of anilines is 3. The maximum Gasteiger partial charge on any atom is 0.326 e. The Hall–Kier alpha value is -3.39. The van der Waals surface area contributed by atoms with Gasteiger partial charge in [-0.05, 0) is 18.6 Å². The number of carbonyl (C=O) groups is 2. The van der Waals surface area contributed by atoms with Crippen molar-refractivity contribution in [1.82, 2.24) is 29.9 Å². The second-order valence-corrected chi connectivity index (χ2v) is 8.19. The van der Waals surface area contributed by atoms with Gasteiger partial charge in [-0.25, -0.2) is 9.78 Å². The molecule has 1 unspecified atom stereocenters. The van der Waals surface area contributed by atoms with Gasteiger partial charge in [0.2, 0.25) is 0 Å². The van der Waals surface area contributed by atoms with Gasteiger partial charge in [0.1, 0.15) is 17.9 Å². The first-order valence-electron chi connectivity index (χ1n) is 11.1. The first kappa shape index (κ1) is 25.7. The molecule has 14 heteroatoms. The van der Waals surface area contributed by atoms with E-state index in [9.17, 15) is 9.59 Å². The van der Waals surface area contributed by atoms with Crippen molar-refractivity contribution < 1.29 is 44.9 Å². The maximum atomic E-state index is 13.1. The summed E-state index contributed by atoms with van der Waals surface area (Å²) in [4.78, 5) is 32.6. The topological polar surface area (TPSA) is 151 Å². The standard InChI is InChI=1S/C22H25N9O4.Sc/c1-29-12-24-21(28-29)14-4-3-5-15(19(14)34-2)25-16-10-17(26-27-18(16)20(23)32)31-8-7-30(22(31)33)13-6-9-35-11-13;/h3-5,10,12-13H,6-9,11H2,1-2H3,(H3,23,25,26,32);/p-1. The first-order chi connectivity index (χ1) is 17.0. The molecule has 3 amide bonds. The van der Waals surface area contributed by atoms with Gasteiger partial charge in [-0.2, -0.15) is 5.10 Å². The van der Waals surface area contributed by atoms with Crippen LogP contribution in [-0.4, -0.2) is 81.3 Å². The van der Waals surface area contributed by atoms with E-state index in [1.165, 1.54) is 12.0 Å². The van der Waals surface area contributed by atoms with E-state index in [1.807, 2.05) is 6.07 Å². The minimum absolute atomic E-state index is 0. The number of carbonyl (C=O) groups excluding carboxylic acids is 2. The molecule has 2 aliphatic rings. The zero-order chi connectivity index (χ0) is 24.5. The van der Waals surface area contributed by atoms with E-state index >= 15 is 0 Å². The van der Waals surface area contributed by atoms with Gasteiger partial charge in [0, 0.05) is 58.7 Å². The Kier molecular flexibility index (Phi) is 7.64. The minimum atomic E-state index is -1.01. The Bertz CT molecular complexity index is 1280. The molecular weight excluding hydrogens is 499 g/mol. The molecular formula is C22H24N9O4Sc-. The van der Waals surface area contributed by atoms with Crippen LogP contribution in [0.5, 0.6) is 5.75 Å². The van der Waals surface area contributed by atoms with Crippen molar-refractivity contribution in [3.05, 3.63) is 42.0 Å². The van der Waals surface area contributed by atoms with Gasteiger partial charge in [-0.15, -0.1) is 10.2 Å². The van der Waals surface area contributed by atoms with Crippen molar-refractivity contribution in [1.29, 1.82) is 0 Å². The summed E-state index contributed by atoms with van der Waals surface area (Å²) in [5, 5.41) is 15.5. The largest absolute Gasteiger partial charge is 0.662 e. The van der Waals surface area contributed by atoms with Gasteiger partial charge < -0.3 is 30.2 Å². The summed E-state index contributed by atoms with van der Waals surface area (Å²) in [5.74, 6) is 0.193. The van der Waals surface area contributed by atoms with Crippen LogP contribution in [-0.2, 0) is 37.6 Å². The van der Waals surface area contributed by atoms with Crippen LogP contribution < -0.4 is 15.0 Å². The molecule has 0 bridgehead atoms. The number of nitrogens with zero attached hydrogens (tertiary/aromatic N) is 7. The van der Waals surface area contributed by atoms with Gasteiger partial charge in [0.15, 0.2) is 17.4 Å². The Balaban J connectivity index is 0.00000304. The average molecular weight is 523 g/mol. The second kappa shape index (κ2) is 10.7. The summed E-state index contributed by atoms with van der Waals surface area (Å²) in [6.45, 7) is 2.13. The van der Waals surface area contributed by atoms with Crippen molar-refractivity contribution in [3.63, 3.8) is 0 Å². The summed E-state index contributed by atoms with van der Waals surface area (Å²) in [6.07, 6.45) is 2.38. The van der Waals surface area contributed by atoms with E-state index in [2.05, 4.69) is 25.6 Å². The third-order valence-electron chi connectivity index (χ3n) is 5.99. The molecule has 2 aliphatic heterocycles. The van der Waals surface area contributed by atoms with Crippen molar-refractivity contribution in [2.45, 2.75) is 12.5 Å². The van der Waals surface area contributed by atoms with E-state index in [1.54, 1.807) is 41.2 Å². The minimum Gasteiger partial charge on any atom is -0.662 e. The summed E-state index contributed by atoms with van der Waals surface area (Å²) >= 11 is 0. The third kappa shape index (κ3) is 4.82. The molecule has 36 heavy (non-hydrogen) atoms. The first-order valence-corrected chi connectivity index (χ1v) is 11.1. The molecule has 0 spiro atoms. The zero-order valence-electron chi connectivity index (χ0n) is 19.8.